The fourth-order valence-electron chi connectivity index (χ4n) is 1.96. The lowest BCUT2D eigenvalue weighted by atomic mass is 10.00. The van der Waals surface area contributed by atoms with Crippen LogP contribution in [-0.2, 0) is 0 Å². The maximum Gasteiger partial charge on any atom is 0.422 e. The molecule has 2 aromatic rings. The van der Waals surface area contributed by atoms with Gasteiger partial charge < -0.3 is 0 Å². The summed E-state index contributed by atoms with van der Waals surface area (Å²) in [5.41, 5.74) is 0.0958. The molecule has 0 heterocycles. The number of benzene rings is 2. The SMILES string of the molecule is Cc1ccc(-c2ccc(C(=C(F)F)C(F)(F)F)cc2)cc1. The van der Waals surface area contributed by atoms with E-state index in [0.29, 0.717) is 5.56 Å². The van der Waals surface area contributed by atoms with Crippen LogP contribution in [0.5, 0.6) is 0 Å². The zero-order chi connectivity index (χ0) is 15.6. The normalized spacial score (nSPS) is 11.3. The fourth-order valence-corrected chi connectivity index (χ4v) is 1.96. The van der Waals surface area contributed by atoms with E-state index in [2.05, 4.69) is 0 Å². The molecule has 0 spiro atoms. The zero-order valence-corrected chi connectivity index (χ0v) is 11.0. The molecule has 0 aliphatic carbocycles. The van der Waals surface area contributed by atoms with Crippen molar-refractivity contribution < 1.29 is 22.0 Å². The molecule has 110 valence electrons. The van der Waals surface area contributed by atoms with Crippen molar-refractivity contribution in [2.75, 3.05) is 0 Å². The summed E-state index contributed by atoms with van der Waals surface area (Å²) in [4.78, 5) is 0. The Morgan fingerprint density at radius 2 is 1.19 bits per heavy atom. The predicted octanol–water partition coefficient (Wildman–Crippen LogP) is 5.83. The van der Waals surface area contributed by atoms with E-state index in [4.69, 9.17) is 0 Å². The summed E-state index contributed by atoms with van der Waals surface area (Å²) in [5.74, 6) is 0. The number of hydrogen-bond donors (Lipinski definition) is 0. The summed E-state index contributed by atoms with van der Waals surface area (Å²) in [5, 5.41) is 0. The largest absolute Gasteiger partial charge is 0.422 e. The molecule has 0 amide bonds. The quantitative estimate of drug-likeness (QED) is 0.612. The van der Waals surface area contributed by atoms with Crippen LogP contribution < -0.4 is 0 Å². The lowest BCUT2D eigenvalue weighted by molar-refractivity contribution is -0.0711. The molecule has 0 radical (unpaired) electrons. The Morgan fingerprint density at radius 1 is 0.762 bits per heavy atom. The molecule has 0 aromatic heterocycles. The smallest absolute Gasteiger partial charge is 0.173 e. The zero-order valence-electron chi connectivity index (χ0n) is 11.0. The van der Waals surface area contributed by atoms with Gasteiger partial charge in [-0.15, -0.1) is 0 Å². The monoisotopic (exact) mass is 298 g/mol. The number of halogens is 5. The molecule has 0 bridgehead atoms. The average molecular weight is 298 g/mol. The molecule has 2 rings (SSSR count). The van der Waals surface area contributed by atoms with Gasteiger partial charge in [-0.05, 0) is 23.6 Å². The summed E-state index contributed by atoms with van der Waals surface area (Å²) in [6.45, 7) is 1.91. The molecule has 5 heteroatoms. The summed E-state index contributed by atoms with van der Waals surface area (Å²) in [6.07, 6.45) is -7.81. The molecular formula is C16H11F5. The molecule has 0 aliphatic rings. The Bertz CT molecular complexity index is 645. The molecule has 0 fully saturated rings. The van der Waals surface area contributed by atoms with Crippen molar-refractivity contribution in [3.05, 3.63) is 65.7 Å². The maximum atomic E-state index is 12.6. The van der Waals surface area contributed by atoms with Crippen LogP contribution in [0, 0.1) is 6.92 Å². The summed E-state index contributed by atoms with van der Waals surface area (Å²) in [6, 6.07) is 12.3. The average Bonchev–Trinajstić information content (AvgIpc) is 2.38. The van der Waals surface area contributed by atoms with E-state index in [1.165, 1.54) is 12.1 Å². The van der Waals surface area contributed by atoms with E-state index < -0.39 is 23.4 Å². The molecule has 0 atom stereocenters. The fraction of sp³-hybridized carbons (Fsp3) is 0.125. The van der Waals surface area contributed by atoms with E-state index in [9.17, 15) is 22.0 Å². The third-order valence-corrected chi connectivity index (χ3v) is 3.03. The molecule has 0 aliphatic heterocycles. The van der Waals surface area contributed by atoms with Crippen molar-refractivity contribution in [1.82, 2.24) is 0 Å². The van der Waals surface area contributed by atoms with E-state index in [-0.39, 0.29) is 0 Å². The minimum Gasteiger partial charge on any atom is -0.173 e. The van der Waals surface area contributed by atoms with Crippen LogP contribution in [0.3, 0.4) is 0 Å². The molecule has 0 saturated heterocycles. The number of alkyl halides is 3. The first-order chi connectivity index (χ1) is 9.79. The van der Waals surface area contributed by atoms with Crippen LogP contribution in [0.2, 0.25) is 0 Å². The highest BCUT2D eigenvalue weighted by Crippen LogP contribution is 2.37. The Hall–Kier alpha value is -2.17. The minimum atomic E-state index is -5.08. The second-order valence-electron chi connectivity index (χ2n) is 4.58. The van der Waals surface area contributed by atoms with Crippen molar-refractivity contribution in [3.8, 4) is 11.1 Å². The third-order valence-electron chi connectivity index (χ3n) is 3.03. The van der Waals surface area contributed by atoms with Crippen LogP contribution in [0.25, 0.3) is 16.7 Å². The van der Waals surface area contributed by atoms with Crippen molar-refractivity contribution in [3.63, 3.8) is 0 Å². The van der Waals surface area contributed by atoms with Gasteiger partial charge in [0.25, 0.3) is 6.08 Å². The maximum absolute atomic E-state index is 12.6. The van der Waals surface area contributed by atoms with Gasteiger partial charge in [0.15, 0.2) is 0 Å². The van der Waals surface area contributed by atoms with Crippen molar-refractivity contribution in [2.45, 2.75) is 13.1 Å². The molecule has 0 nitrogen and oxygen atoms in total. The van der Waals surface area contributed by atoms with Gasteiger partial charge in [-0.25, -0.2) is 0 Å². The highest BCUT2D eigenvalue weighted by Gasteiger charge is 2.38. The summed E-state index contributed by atoms with van der Waals surface area (Å²) < 4.78 is 62.8. The molecule has 0 unspecified atom stereocenters. The highest BCUT2D eigenvalue weighted by molar-refractivity contribution is 5.73. The van der Waals surface area contributed by atoms with Crippen LogP contribution in [0.15, 0.2) is 54.6 Å². The van der Waals surface area contributed by atoms with Gasteiger partial charge in [0.1, 0.15) is 5.57 Å². The first kappa shape index (κ1) is 15.2. The van der Waals surface area contributed by atoms with Crippen molar-refractivity contribution in [2.24, 2.45) is 0 Å². The van der Waals surface area contributed by atoms with Crippen molar-refractivity contribution in [1.29, 1.82) is 0 Å². The van der Waals surface area contributed by atoms with Gasteiger partial charge in [0, 0.05) is 0 Å². The standard InChI is InChI=1S/C16H11F5/c1-10-2-4-11(5-3-10)12-6-8-13(9-7-12)14(15(17)18)16(19,20)21/h2-9H,1H3. The first-order valence-electron chi connectivity index (χ1n) is 6.09. The van der Waals surface area contributed by atoms with Gasteiger partial charge in [0.05, 0.1) is 0 Å². The Kier molecular flexibility index (Phi) is 4.11. The molecule has 0 N–H and O–H groups in total. The minimum absolute atomic E-state index is 0.543. The van der Waals surface area contributed by atoms with Gasteiger partial charge >= 0.3 is 6.18 Å². The molecule has 0 saturated carbocycles. The van der Waals surface area contributed by atoms with Gasteiger partial charge in [-0.1, -0.05) is 54.1 Å². The topological polar surface area (TPSA) is 0 Å². The number of allylic oxidation sites excluding steroid dienone is 1. The molecule has 21 heavy (non-hydrogen) atoms. The van der Waals surface area contributed by atoms with E-state index >= 15 is 0 Å². The second kappa shape index (κ2) is 5.68. The number of hydrogen-bond acceptors (Lipinski definition) is 0. The molecular weight excluding hydrogens is 287 g/mol. The van der Waals surface area contributed by atoms with E-state index in [0.717, 1.165) is 23.3 Å². The number of aryl methyl sites for hydroxylation is 1. The predicted molar refractivity (Wildman–Crippen MR) is 71.8 cm³/mol. The van der Waals surface area contributed by atoms with Crippen LogP contribution in [-0.4, -0.2) is 6.18 Å². The van der Waals surface area contributed by atoms with Gasteiger partial charge in [0.2, 0.25) is 0 Å². The lowest BCUT2D eigenvalue weighted by Crippen LogP contribution is -2.11. The number of rotatable bonds is 2. The Morgan fingerprint density at radius 3 is 1.57 bits per heavy atom. The second-order valence-corrected chi connectivity index (χ2v) is 4.58. The first-order valence-corrected chi connectivity index (χ1v) is 6.09. The third kappa shape index (κ3) is 3.48. The van der Waals surface area contributed by atoms with Gasteiger partial charge in [-0.3, -0.25) is 0 Å². The van der Waals surface area contributed by atoms with Gasteiger partial charge in [-0.2, -0.15) is 22.0 Å². The van der Waals surface area contributed by atoms with Crippen LogP contribution in [0.4, 0.5) is 22.0 Å². The van der Waals surface area contributed by atoms with E-state index in [1.807, 2.05) is 31.2 Å². The van der Waals surface area contributed by atoms with Crippen LogP contribution in [0.1, 0.15) is 11.1 Å². The van der Waals surface area contributed by atoms with Crippen molar-refractivity contribution >= 4 is 5.57 Å². The Balaban J connectivity index is 2.39. The Labute approximate surface area is 118 Å². The summed E-state index contributed by atoms with van der Waals surface area (Å²) >= 11 is 0. The lowest BCUT2D eigenvalue weighted by Gasteiger charge is -2.11. The highest BCUT2D eigenvalue weighted by atomic mass is 19.4. The van der Waals surface area contributed by atoms with E-state index in [1.54, 1.807) is 0 Å². The molecule has 2 aromatic carbocycles. The summed E-state index contributed by atoms with van der Waals surface area (Å²) in [7, 11) is 0. The van der Waals surface area contributed by atoms with Crippen LogP contribution >= 0.6 is 0 Å².